The Labute approximate surface area is 154 Å². The van der Waals surface area contributed by atoms with Crippen LogP contribution in [0.4, 0.5) is 0 Å². The van der Waals surface area contributed by atoms with E-state index in [1.165, 1.54) is 6.21 Å². The molecular weight excluding hydrogens is 419 g/mol. The summed E-state index contributed by atoms with van der Waals surface area (Å²) in [5.74, 6) is 0.372. The van der Waals surface area contributed by atoms with Gasteiger partial charge >= 0.3 is 0 Å². The lowest BCUT2D eigenvalue weighted by Crippen LogP contribution is -2.17. The molecule has 0 saturated heterocycles. The Morgan fingerprint density at radius 2 is 2.08 bits per heavy atom. The summed E-state index contributed by atoms with van der Waals surface area (Å²) >= 11 is 2.02. The molecule has 5 nitrogen and oxygen atoms in total. The van der Waals surface area contributed by atoms with Crippen LogP contribution >= 0.6 is 22.6 Å². The van der Waals surface area contributed by atoms with Gasteiger partial charge in [-0.25, -0.2) is 5.43 Å². The van der Waals surface area contributed by atoms with Gasteiger partial charge in [-0.05, 0) is 59.2 Å². The molecule has 0 fully saturated rings. The Morgan fingerprint density at radius 1 is 1.33 bits per heavy atom. The van der Waals surface area contributed by atoms with Crippen LogP contribution in [-0.4, -0.2) is 23.8 Å². The maximum atomic E-state index is 11.8. The van der Waals surface area contributed by atoms with Crippen LogP contribution in [0.5, 0.6) is 11.5 Å². The zero-order valence-electron chi connectivity index (χ0n) is 13.3. The predicted molar refractivity (Wildman–Crippen MR) is 102 cm³/mol. The van der Waals surface area contributed by atoms with Crippen LogP contribution in [0.2, 0.25) is 0 Å². The maximum Gasteiger partial charge on any atom is 0.240 e. The fourth-order valence-electron chi connectivity index (χ4n) is 2.07. The van der Waals surface area contributed by atoms with Crippen LogP contribution in [0.15, 0.2) is 47.6 Å². The van der Waals surface area contributed by atoms with Crippen molar-refractivity contribution < 1.29 is 14.6 Å². The Bertz CT molecular complexity index is 718. The van der Waals surface area contributed by atoms with Crippen molar-refractivity contribution in [3.8, 4) is 11.5 Å². The second-order valence-electron chi connectivity index (χ2n) is 5.06. The fourth-order valence-corrected chi connectivity index (χ4v) is 2.70. The van der Waals surface area contributed by atoms with E-state index in [1.54, 1.807) is 12.1 Å². The number of hydrogen-bond acceptors (Lipinski definition) is 4. The standard InChI is InChI=1S/C18H19IN2O3/c1-2-24-16-11-14(10-15(19)18(16)23)12-20-21-17(22)9-8-13-6-4-3-5-7-13/h3-7,10-12,23H,2,8-9H2,1H3,(H,21,22)/b20-12-. The highest BCUT2D eigenvalue weighted by Crippen LogP contribution is 2.32. The summed E-state index contributed by atoms with van der Waals surface area (Å²) in [6, 6.07) is 13.3. The molecule has 1 amide bonds. The minimum absolute atomic E-state index is 0.112. The summed E-state index contributed by atoms with van der Waals surface area (Å²) < 4.78 is 6.03. The van der Waals surface area contributed by atoms with E-state index in [0.717, 1.165) is 11.1 Å². The van der Waals surface area contributed by atoms with E-state index in [9.17, 15) is 9.90 Å². The average Bonchev–Trinajstić information content (AvgIpc) is 2.58. The second-order valence-corrected chi connectivity index (χ2v) is 6.22. The van der Waals surface area contributed by atoms with Crippen molar-refractivity contribution in [1.82, 2.24) is 5.43 Å². The van der Waals surface area contributed by atoms with E-state index in [1.807, 2.05) is 59.8 Å². The largest absolute Gasteiger partial charge is 0.504 e. The number of aromatic hydroxyl groups is 1. The highest BCUT2D eigenvalue weighted by molar-refractivity contribution is 14.1. The minimum Gasteiger partial charge on any atom is -0.504 e. The molecule has 0 aromatic heterocycles. The van der Waals surface area contributed by atoms with Crippen LogP contribution in [0.3, 0.4) is 0 Å². The molecule has 126 valence electrons. The quantitative estimate of drug-likeness (QED) is 0.395. The van der Waals surface area contributed by atoms with Crippen LogP contribution in [0.25, 0.3) is 0 Å². The third-order valence-corrected chi connectivity index (χ3v) is 4.06. The molecule has 0 atom stereocenters. The molecule has 0 bridgehead atoms. The molecule has 6 heteroatoms. The highest BCUT2D eigenvalue weighted by atomic mass is 127. The summed E-state index contributed by atoms with van der Waals surface area (Å²) in [7, 11) is 0. The van der Waals surface area contributed by atoms with Crippen molar-refractivity contribution in [2.45, 2.75) is 19.8 Å². The number of aryl methyl sites for hydroxylation is 1. The summed E-state index contributed by atoms with van der Waals surface area (Å²) in [6.45, 7) is 2.31. The van der Waals surface area contributed by atoms with Gasteiger partial charge in [-0.15, -0.1) is 0 Å². The van der Waals surface area contributed by atoms with Crippen molar-refractivity contribution in [3.63, 3.8) is 0 Å². The topological polar surface area (TPSA) is 70.9 Å². The number of ether oxygens (including phenoxy) is 1. The summed E-state index contributed by atoms with van der Waals surface area (Å²) in [6.07, 6.45) is 2.58. The number of carbonyl (C=O) groups is 1. The van der Waals surface area contributed by atoms with Crippen molar-refractivity contribution >= 4 is 34.7 Å². The van der Waals surface area contributed by atoms with Gasteiger partial charge in [0.2, 0.25) is 5.91 Å². The molecule has 0 aliphatic carbocycles. The van der Waals surface area contributed by atoms with E-state index < -0.39 is 0 Å². The maximum absolute atomic E-state index is 11.8. The third-order valence-electron chi connectivity index (χ3n) is 3.24. The van der Waals surface area contributed by atoms with Gasteiger partial charge in [0.25, 0.3) is 0 Å². The summed E-state index contributed by atoms with van der Waals surface area (Å²) in [5.41, 5.74) is 4.37. The van der Waals surface area contributed by atoms with Crippen molar-refractivity contribution in [3.05, 3.63) is 57.2 Å². The molecule has 2 N–H and O–H groups in total. The monoisotopic (exact) mass is 438 g/mol. The predicted octanol–water partition coefficient (Wildman–Crippen LogP) is 3.48. The first-order chi connectivity index (χ1) is 11.6. The van der Waals surface area contributed by atoms with Gasteiger partial charge in [-0.2, -0.15) is 5.10 Å². The summed E-state index contributed by atoms with van der Waals surface area (Å²) in [5, 5.41) is 13.9. The number of hydrazone groups is 1. The van der Waals surface area contributed by atoms with Crippen molar-refractivity contribution in [2.75, 3.05) is 6.61 Å². The van der Waals surface area contributed by atoms with Crippen LogP contribution in [0, 0.1) is 3.57 Å². The lowest BCUT2D eigenvalue weighted by molar-refractivity contribution is -0.121. The number of carbonyl (C=O) groups excluding carboxylic acids is 1. The highest BCUT2D eigenvalue weighted by Gasteiger charge is 2.08. The number of nitrogens with zero attached hydrogens (tertiary/aromatic N) is 1. The first kappa shape index (κ1) is 18.3. The first-order valence-corrected chi connectivity index (χ1v) is 8.69. The van der Waals surface area contributed by atoms with Gasteiger partial charge in [0.15, 0.2) is 11.5 Å². The van der Waals surface area contributed by atoms with Crippen molar-refractivity contribution in [1.29, 1.82) is 0 Å². The molecule has 0 aliphatic heterocycles. The van der Waals surface area contributed by atoms with Gasteiger partial charge in [-0.3, -0.25) is 4.79 Å². The Kier molecular flexibility index (Phi) is 7.05. The molecule has 2 aromatic rings. The molecule has 0 radical (unpaired) electrons. The number of rotatable bonds is 7. The van der Waals surface area contributed by atoms with E-state index in [-0.39, 0.29) is 11.7 Å². The zero-order valence-corrected chi connectivity index (χ0v) is 15.5. The number of phenols is 1. The fraction of sp³-hybridized carbons (Fsp3) is 0.222. The molecule has 24 heavy (non-hydrogen) atoms. The van der Waals surface area contributed by atoms with Crippen LogP contribution in [0.1, 0.15) is 24.5 Å². The SMILES string of the molecule is CCOc1cc(/C=N\NC(=O)CCc2ccccc2)cc(I)c1O. The molecule has 0 heterocycles. The molecular formula is C18H19IN2O3. The average molecular weight is 438 g/mol. The van der Waals surface area contributed by atoms with Gasteiger partial charge in [0.05, 0.1) is 16.4 Å². The molecule has 2 rings (SSSR count). The number of benzene rings is 2. The van der Waals surface area contributed by atoms with E-state index in [4.69, 9.17) is 4.74 Å². The van der Waals surface area contributed by atoms with E-state index in [2.05, 4.69) is 10.5 Å². The van der Waals surface area contributed by atoms with Gasteiger partial charge in [-0.1, -0.05) is 30.3 Å². The lowest BCUT2D eigenvalue weighted by atomic mass is 10.1. The minimum atomic E-state index is -0.145. The molecule has 0 unspecified atom stereocenters. The second kappa shape index (κ2) is 9.27. The van der Waals surface area contributed by atoms with Gasteiger partial charge in [0, 0.05) is 6.42 Å². The first-order valence-electron chi connectivity index (χ1n) is 7.61. The van der Waals surface area contributed by atoms with Gasteiger partial charge < -0.3 is 9.84 Å². The molecule has 0 saturated carbocycles. The van der Waals surface area contributed by atoms with Crippen molar-refractivity contribution in [2.24, 2.45) is 5.10 Å². The zero-order chi connectivity index (χ0) is 17.4. The van der Waals surface area contributed by atoms with Gasteiger partial charge in [0.1, 0.15) is 0 Å². The Morgan fingerprint density at radius 3 is 2.79 bits per heavy atom. The van der Waals surface area contributed by atoms with Crippen LogP contribution in [-0.2, 0) is 11.2 Å². The number of nitrogens with one attached hydrogen (secondary N) is 1. The molecule has 2 aromatic carbocycles. The Balaban J connectivity index is 1.90. The van der Waals surface area contributed by atoms with Crippen LogP contribution < -0.4 is 10.2 Å². The molecule has 0 spiro atoms. The molecule has 0 aliphatic rings. The number of hydrogen-bond donors (Lipinski definition) is 2. The Hall–Kier alpha value is -2.09. The number of amides is 1. The normalized spacial score (nSPS) is 10.8. The lowest BCUT2D eigenvalue weighted by Gasteiger charge is -2.08. The smallest absolute Gasteiger partial charge is 0.240 e. The number of phenolic OH excluding ortho intramolecular Hbond substituents is 1. The van der Waals surface area contributed by atoms with E-state index >= 15 is 0 Å². The van der Waals surface area contributed by atoms with E-state index in [0.29, 0.717) is 28.8 Å². The number of halogens is 1. The third kappa shape index (κ3) is 5.52. The summed E-state index contributed by atoms with van der Waals surface area (Å²) in [4.78, 5) is 11.8.